The van der Waals surface area contributed by atoms with Crippen molar-refractivity contribution in [2.75, 3.05) is 6.61 Å². The Hall–Kier alpha value is -0.160. The van der Waals surface area contributed by atoms with Gasteiger partial charge in [0.05, 0.1) is 31.0 Å². The molecule has 0 bridgehead atoms. The third-order valence-electron chi connectivity index (χ3n) is 2.70. The maximum Gasteiger partial charge on any atom is 0.109 e. The van der Waals surface area contributed by atoms with Crippen LogP contribution in [0.3, 0.4) is 0 Å². The van der Waals surface area contributed by atoms with Crippen LogP contribution in [0.1, 0.15) is 34.6 Å². The van der Waals surface area contributed by atoms with Gasteiger partial charge in [0.1, 0.15) is 12.2 Å². The Balaban J connectivity index is 2.52. The van der Waals surface area contributed by atoms with Crippen LogP contribution in [-0.4, -0.2) is 43.2 Å². The van der Waals surface area contributed by atoms with Crippen LogP contribution in [0.15, 0.2) is 0 Å². The molecule has 16 heavy (non-hydrogen) atoms. The molecule has 1 rings (SSSR count). The molecule has 0 radical (unpaired) electrons. The molecule has 0 aromatic carbocycles. The van der Waals surface area contributed by atoms with Crippen molar-refractivity contribution in [2.45, 2.75) is 71.2 Å². The second-order valence-electron chi connectivity index (χ2n) is 4.99. The zero-order valence-electron chi connectivity index (χ0n) is 11.0. The van der Waals surface area contributed by atoms with Crippen LogP contribution >= 0.6 is 0 Å². The molecule has 96 valence electrons. The lowest BCUT2D eigenvalue weighted by atomic mass is 10.1. The van der Waals surface area contributed by atoms with Crippen molar-refractivity contribution in [2.24, 2.45) is 5.73 Å². The first-order valence-electron chi connectivity index (χ1n) is 6.10. The number of ether oxygens (including phenoxy) is 3. The van der Waals surface area contributed by atoms with Crippen LogP contribution in [0.5, 0.6) is 0 Å². The second kappa shape index (κ2) is 5.96. The fourth-order valence-electron chi connectivity index (χ4n) is 1.87. The minimum Gasteiger partial charge on any atom is -0.376 e. The van der Waals surface area contributed by atoms with E-state index in [-0.39, 0.29) is 36.6 Å². The monoisotopic (exact) mass is 231 g/mol. The third kappa shape index (κ3) is 3.70. The van der Waals surface area contributed by atoms with Crippen molar-refractivity contribution in [3.05, 3.63) is 0 Å². The van der Waals surface area contributed by atoms with Gasteiger partial charge in [-0.25, -0.2) is 0 Å². The predicted molar refractivity (Wildman–Crippen MR) is 63.4 cm³/mol. The number of nitrogens with two attached hydrogens (primary N) is 1. The average Bonchev–Trinajstić information content (AvgIpc) is 2.42. The van der Waals surface area contributed by atoms with Gasteiger partial charge in [-0.2, -0.15) is 0 Å². The summed E-state index contributed by atoms with van der Waals surface area (Å²) in [5.41, 5.74) is 6.06. The summed E-state index contributed by atoms with van der Waals surface area (Å²) in [5, 5.41) is 0. The van der Waals surface area contributed by atoms with Gasteiger partial charge in [-0.15, -0.1) is 0 Å². The fraction of sp³-hybridized carbons (Fsp3) is 1.00. The highest BCUT2D eigenvalue weighted by atomic mass is 16.6. The molecule has 1 aliphatic heterocycles. The van der Waals surface area contributed by atoms with Gasteiger partial charge in [-0.05, 0) is 34.6 Å². The van der Waals surface area contributed by atoms with E-state index < -0.39 is 0 Å². The Morgan fingerprint density at radius 3 is 2.31 bits per heavy atom. The minimum absolute atomic E-state index is 0.0320. The summed E-state index contributed by atoms with van der Waals surface area (Å²) in [4.78, 5) is 0. The molecule has 1 saturated heterocycles. The van der Waals surface area contributed by atoms with Gasteiger partial charge in [0, 0.05) is 0 Å². The van der Waals surface area contributed by atoms with E-state index in [9.17, 15) is 0 Å². The number of rotatable bonds is 5. The first kappa shape index (κ1) is 13.9. The van der Waals surface area contributed by atoms with Crippen molar-refractivity contribution in [3.63, 3.8) is 0 Å². The van der Waals surface area contributed by atoms with Crippen LogP contribution in [-0.2, 0) is 14.2 Å². The first-order chi connectivity index (χ1) is 7.41. The SMILES string of the molecule is CC(C)OC[C@H]1O[C@@H](C)[C@@H](N)C1OC(C)C. The Bertz CT molecular complexity index is 208. The molecule has 4 atom stereocenters. The zero-order valence-corrected chi connectivity index (χ0v) is 11.0. The van der Waals surface area contributed by atoms with E-state index in [1.54, 1.807) is 0 Å². The minimum atomic E-state index is -0.0665. The molecule has 0 aromatic rings. The van der Waals surface area contributed by atoms with Crippen LogP contribution in [0, 0.1) is 0 Å². The van der Waals surface area contributed by atoms with E-state index in [1.165, 1.54) is 0 Å². The summed E-state index contributed by atoms with van der Waals surface area (Å²) in [5.74, 6) is 0. The summed E-state index contributed by atoms with van der Waals surface area (Å²) >= 11 is 0. The molecule has 1 aliphatic rings. The molecular weight excluding hydrogens is 206 g/mol. The molecule has 0 aliphatic carbocycles. The molecule has 1 unspecified atom stereocenters. The van der Waals surface area contributed by atoms with Crippen LogP contribution in [0.2, 0.25) is 0 Å². The van der Waals surface area contributed by atoms with E-state index >= 15 is 0 Å². The molecule has 0 amide bonds. The summed E-state index contributed by atoms with van der Waals surface area (Å²) in [7, 11) is 0. The van der Waals surface area contributed by atoms with Crippen molar-refractivity contribution in [1.82, 2.24) is 0 Å². The van der Waals surface area contributed by atoms with Crippen molar-refractivity contribution < 1.29 is 14.2 Å². The second-order valence-corrected chi connectivity index (χ2v) is 4.99. The summed E-state index contributed by atoms with van der Waals surface area (Å²) in [6.07, 6.45) is 0.287. The highest BCUT2D eigenvalue weighted by Crippen LogP contribution is 2.24. The lowest BCUT2D eigenvalue weighted by molar-refractivity contribution is -0.0860. The Morgan fingerprint density at radius 2 is 1.81 bits per heavy atom. The third-order valence-corrected chi connectivity index (χ3v) is 2.70. The van der Waals surface area contributed by atoms with Gasteiger partial charge < -0.3 is 19.9 Å². The van der Waals surface area contributed by atoms with Crippen LogP contribution < -0.4 is 5.73 Å². The molecule has 1 fully saturated rings. The van der Waals surface area contributed by atoms with E-state index in [4.69, 9.17) is 19.9 Å². The van der Waals surface area contributed by atoms with E-state index in [0.717, 1.165) is 0 Å². The smallest absolute Gasteiger partial charge is 0.109 e. The van der Waals surface area contributed by atoms with Gasteiger partial charge in [-0.3, -0.25) is 0 Å². The number of hydrogen-bond acceptors (Lipinski definition) is 4. The molecule has 4 nitrogen and oxygen atoms in total. The Morgan fingerprint density at radius 1 is 1.19 bits per heavy atom. The summed E-state index contributed by atoms with van der Waals surface area (Å²) in [6, 6.07) is -0.0665. The molecule has 4 heteroatoms. The highest BCUT2D eigenvalue weighted by Gasteiger charge is 2.41. The van der Waals surface area contributed by atoms with Gasteiger partial charge in [-0.1, -0.05) is 0 Å². The number of hydrogen-bond donors (Lipinski definition) is 1. The quantitative estimate of drug-likeness (QED) is 0.775. The normalized spacial score (nSPS) is 35.2. The predicted octanol–water partition coefficient (Wildman–Crippen LogP) is 1.32. The summed E-state index contributed by atoms with van der Waals surface area (Å²) in [6.45, 7) is 10.6. The molecule has 0 spiro atoms. The van der Waals surface area contributed by atoms with Gasteiger partial charge in [0.15, 0.2) is 0 Å². The first-order valence-corrected chi connectivity index (χ1v) is 6.10. The van der Waals surface area contributed by atoms with Crippen LogP contribution in [0.4, 0.5) is 0 Å². The molecular formula is C12H25NO3. The lowest BCUT2D eigenvalue weighted by Gasteiger charge is -2.24. The average molecular weight is 231 g/mol. The van der Waals surface area contributed by atoms with Crippen molar-refractivity contribution >= 4 is 0 Å². The van der Waals surface area contributed by atoms with Crippen LogP contribution in [0.25, 0.3) is 0 Å². The lowest BCUT2D eigenvalue weighted by Crippen LogP contribution is -2.44. The molecule has 1 heterocycles. The van der Waals surface area contributed by atoms with Gasteiger partial charge >= 0.3 is 0 Å². The fourth-order valence-corrected chi connectivity index (χ4v) is 1.87. The molecule has 0 aromatic heterocycles. The zero-order chi connectivity index (χ0) is 12.3. The molecule has 2 N–H and O–H groups in total. The maximum atomic E-state index is 6.06. The Labute approximate surface area is 98.4 Å². The standard InChI is InChI=1S/C12H25NO3/c1-7(2)14-6-10-12(15-8(3)4)11(13)9(5)16-10/h7-12H,6,13H2,1-5H3/t9-,10+,11+,12?/m0/s1. The van der Waals surface area contributed by atoms with Crippen molar-refractivity contribution in [3.8, 4) is 0 Å². The van der Waals surface area contributed by atoms with Gasteiger partial charge in [0.2, 0.25) is 0 Å². The maximum absolute atomic E-state index is 6.06. The van der Waals surface area contributed by atoms with E-state index in [0.29, 0.717) is 6.61 Å². The van der Waals surface area contributed by atoms with Gasteiger partial charge in [0.25, 0.3) is 0 Å². The molecule has 0 saturated carbocycles. The van der Waals surface area contributed by atoms with E-state index in [2.05, 4.69) is 0 Å². The van der Waals surface area contributed by atoms with Crippen molar-refractivity contribution in [1.29, 1.82) is 0 Å². The topological polar surface area (TPSA) is 53.7 Å². The summed E-state index contributed by atoms with van der Waals surface area (Å²) < 4.78 is 17.1. The highest BCUT2D eigenvalue weighted by molar-refractivity contribution is 4.93. The Kier molecular flexibility index (Phi) is 5.18. The largest absolute Gasteiger partial charge is 0.376 e. The van der Waals surface area contributed by atoms with E-state index in [1.807, 2.05) is 34.6 Å².